The predicted octanol–water partition coefficient (Wildman–Crippen LogP) is -0.389. The minimum Gasteiger partial charge on any atom is -0.479 e. The molecule has 1 saturated heterocycles. The quantitative estimate of drug-likeness (QED) is 0.528. The number of rotatable bonds is 1. The molecule has 0 amide bonds. The average molecular weight is 146 g/mol. The molecule has 0 aromatic rings. The molecule has 0 radical (unpaired) electrons. The zero-order valence-electron chi connectivity index (χ0n) is 5.49. The van der Waals surface area contributed by atoms with Crippen molar-refractivity contribution in [2.75, 3.05) is 6.61 Å². The van der Waals surface area contributed by atoms with Crippen molar-refractivity contribution in [3.05, 3.63) is 0 Å². The molecule has 2 atom stereocenters. The van der Waals surface area contributed by atoms with Gasteiger partial charge in [-0.25, -0.2) is 4.79 Å². The molecular formula is C6H10O4. The van der Waals surface area contributed by atoms with Crippen LogP contribution in [0.15, 0.2) is 0 Å². The Kier molecular flexibility index (Phi) is 2.24. The fourth-order valence-electron chi connectivity index (χ4n) is 0.932. The summed E-state index contributed by atoms with van der Waals surface area (Å²) >= 11 is 0. The van der Waals surface area contributed by atoms with Crippen molar-refractivity contribution >= 4 is 5.97 Å². The molecule has 1 aliphatic rings. The Morgan fingerprint density at radius 2 is 2.20 bits per heavy atom. The second kappa shape index (κ2) is 2.98. The first-order chi connectivity index (χ1) is 4.70. The number of hydrogen-bond donors (Lipinski definition) is 2. The highest BCUT2D eigenvalue weighted by Gasteiger charge is 2.24. The minimum atomic E-state index is -0.938. The predicted molar refractivity (Wildman–Crippen MR) is 32.6 cm³/mol. The summed E-state index contributed by atoms with van der Waals surface area (Å²) in [5.41, 5.74) is 0. The molecule has 1 heterocycles. The van der Waals surface area contributed by atoms with Gasteiger partial charge in [0.1, 0.15) is 0 Å². The molecule has 0 bridgehead atoms. The Bertz CT molecular complexity index is 126. The van der Waals surface area contributed by atoms with Crippen molar-refractivity contribution in [3.8, 4) is 0 Å². The van der Waals surface area contributed by atoms with Crippen molar-refractivity contribution in [1.82, 2.24) is 0 Å². The first kappa shape index (κ1) is 7.50. The van der Waals surface area contributed by atoms with Gasteiger partial charge in [0.2, 0.25) is 0 Å². The Morgan fingerprint density at radius 3 is 2.60 bits per heavy atom. The maximum atomic E-state index is 10.3. The molecule has 10 heavy (non-hydrogen) atoms. The molecular weight excluding hydrogens is 136 g/mol. The highest BCUT2D eigenvalue weighted by Crippen LogP contribution is 2.12. The topological polar surface area (TPSA) is 66.8 Å². The van der Waals surface area contributed by atoms with Crippen LogP contribution in [0.25, 0.3) is 0 Å². The van der Waals surface area contributed by atoms with Gasteiger partial charge >= 0.3 is 5.97 Å². The molecule has 2 unspecified atom stereocenters. The summed E-state index contributed by atoms with van der Waals surface area (Å²) in [5, 5.41) is 17.3. The number of ether oxygens (including phenoxy) is 1. The molecule has 1 aliphatic heterocycles. The van der Waals surface area contributed by atoms with Crippen LogP contribution < -0.4 is 0 Å². The summed E-state index contributed by atoms with van der Waals surface area (Å²) in [4.78, 5) is 10.3. The van der Waals surface area contributed by atoms with Crippen LogP contribution in [0.1, 0.15) is 12.8 Å². The van der Waals surface area contributed by atoms with E-state index >= 15 is 0 Å². The molecule has 58 valence electrons. The summed E-state index contributed by atoms with van der Waals surface area (Å²) in [6.07, 6.45) is -0.244. The summed E-state index contributed by atoms with van der Waals surface area (Å²) in [5.74, 6) is -0.938. The van der Waals surface area contributed by atoms with Gasteiger partial charge in [0.05, 0.1) is 12.7 Å². The Morgan fingerprint density at radius 1 is 1.50 bits per heavy atom. The Hall–Kier alpha value is -0.610. The summed E-state index contributed by atoms with van der Waals surface area (Å²) in [6.45, 7) is 0.150. The number of aliphatic hydroxyl groups is 1. The number of carboxylic acids is 1. The second-order valence-corrected chi connectivity index (χ2v) is 2.39. The monoisotopic (exact) mass is 146 g/mol. The van der Waals surface area contributed by atoms with Crippen molar-refractivity contribution in [2.24, 2.45) is 0 Å². The number of aliphatic carboxylic acids is 1. The largest absolute Gasteiger partial charge is 0.479 e. The zero-order chi connectivity index (χ0) is 7.56. The van der Waals surface area contributed by atoms with Crippen LogP contribution in [0.4, 0.5) is 0 Å². The van der Waals surface area contributed by atoms with E-state index in [0.717, 1.165) is 0 Å². The van der Waals surface area contributed by atoms with E-state index in [4.69, 9.17) is 14.9 Å². The number of carbonyl (C=O) groups is 1. The molecule has 0 saturated carbocycles. The summed E-state index contributed by atoms with van der Waals surface area (Å²) < 4.78 is 4.80. The fraction of sp³-hybridized carbons (Fsp3) is 0.833. The van der Waals surface area contributed by atoms with Crippen molar-refractivity contribution in [3.63, 3.8) is 0 Å². The van der Waals surface area contributed by atoms with E-state index < -0.39 is 18.2 Å². The van der Waals surface area contributed by atoms with E-state index in [0.29, 0.717) is 12.8 Å². The highest BCUT2D eigenvalue weighted by atomic mass is 16.5. The lowest BCUT2D eigenvalue weighted by Crippen LogP contribution is -2.34. The van der Waals surface area contributed by atoms with Crippen molar-refractivity contribution < 1.29 is 19.7 Å². The van der Waals surface area contributed by atoms with E-state index in [1.54, 1.807) is 0 Å². The van der Waals surface area contributed by atoms with Gasteiger partial charge in [-0.2, -0.15) is 0 Å². The second-order valence-electron chi connectivity index (χ2n) is 2.39. The SMILES string of the molecule is O=C(O)C1CCC(O)CO1. The van der Waals surface area contributed by atoms with E-state index in [9.17, 15) is 4.79 Å². The number of hydrogen-bond acceptors (Lipinski definition) is 3. The average Bonchev–Trinajstić information content (AvgIpc) is 1.88. The molecule has 0 spiro atoms. The van der Waals surface area contributed by atoms with Gasteiger partial charge in [-0.15, -0.1) is 0 Å². The van der Waals surface area contributed by atoms with Gasteiger partial charge in [-0.1, -0.05) is 0 Å². The van der Waals surface area contributed by atoms with Crippen molar-refractivity contribution in [1.29, 1.82) is 0 Å². The maximum absolute atomic E-state index is 10.3. The van der Waals surface area contributed by atoms with Crippen LogP contribution in [-0.4, -0.2) is 35.0 Å². The van der Waals surface area contributed by atoms with Gasteiger partial charge in [-0.05, 0) is 12.8 Å². The molecule has 1 rings (SSSR count). The molecule has 4 heteroatoms. The molecule has 4 nitrogen and oxygen atoms in total. The maximum Gasteiger partial charge on any atom is 0.332 e. The van der Waals surface area contributed by atoms with Crippen LogP contribution in [-0.2, 0) is 9.53 Å². The highest BCUT2D eigenvalue weighted by molar-refractivity contribution is 5.72. The van der Waals surface area contributed by atoms with E-state index in [1.807, 2.05) is 0 Å². The molecule has 0 aliphatic carbocycles. The molecule has 0 aromatic carbocycles. The lowest BCUT2D eigenvalue weighted by atomic mass is 10.1. The Labute approximate surface area is 58.4 Å². The number of aliphatic hydroxyl groups excluding tert-OH is 1. The van der Waals surface area contributed by atoms with Gasteiger partial charge in [0.15, 0.2) is 6.10 Å². The van der Waals surface area contributed by atoms with Crippen molar-refractivity contribution in [2.45, 2.75) is 25.0 Å². The van der Waals surface area contributed by atoms with Crippen LogP contribution in [0.2, 0.25) is 0 Å². The van der Waals surface area contributed by atoms with Gasteiger partial charge < -0.3 is 14.9 Å². The summed E-state index contributed by atoms with van der Waals surface area (Å²) in [6, 6.07) is 0. The fourth-order valence-corrected chi connectivity index (χ4v) is 0.932. The minimum absolute atomic E-state index is 0.150. The van der Waals surface area contributed by atoms with Gasteiger partial charge in [0, 0.05) is 0 Å². The van der Waals surface area contributed by atoms with Gasteiger partial charge in [0.25, 0.3) is 0 Å². The first-order valence-corrected chi connectivity index (χ1v) is 3.22. The Balaban J connectivity index is 2.33. The van der Waals surface area contributed by atoms with Crippen LogP contribution >= 0.6 is 0 Å². The molecule has 2 N–H and O–H groups in total. The standard InChI is InChI=1S/C6H10O4/c7-4-1-2-5(6(8)9)10-3-4/h4-5,7H,1-3H2,(H,8,9). The molecule has 0 aromatic heterocycles. The molecule has 1 fully saturated rings. The normalized spacial score (nSPS) is 33.7. The third-order valence-corrected chi connectivity index (χ3v) is 1.53. The zero-order valence-corrected chi connectivity index (χ0v) is 5.49. The first-order valence-electron chi connectivity index (χ1n) is 3.22. The summed E-state index contributed by atoms with van der Waals surface area (Å²) in [7, 11) is 0. The van der Waals surface area contributed by atoms with E-state index in [2.05, 4.69) is 0 Å². The van der Waals surface area contributed by atoms with Crippen LogP contribution in [0.3, 0.4) is 0 Å². The number of carboxylic acid groups (broad SMARTS) is 1. The van der Waals surface area contributed by atoms with Crippen LogP contribution in [0.5, 0.6) is 0 Å². The van der Waals surface area contributed by atoms with Crippen LogP contribution in [0, 0.1) is 0 Å². The smallest absolute Gasteiger partial charge is 0.332 e. The third-order valence-electron chi connectivity index (χ3n) is 1.53. The van der Waals surface area contributed by atoms with Gasteiger partial charge in [-0.3, -0.25) is 0 Å². The van der Waals surface area contributed by atoms with E-state index in [-0.39, 0.29) is 6.61 Å². The van der Waals surface area contributed by atoms with E-state index in [1.165, 1.54) is 0 Å². The third kappa shape index (κ3) is 1.68. The lowest BCUT2D eigenvalue weighted by molar-refractivity contribution is -0.157. The lowest BCUT2D eigenvalue weighted by Gasteiger charge is -2.22.